The highest BCUT2D eigenvalue weighted by Crippen LogP contribution is 2.29. The molecule has 0 aliphatic heterocycles. The maximum absolute atomic E-state index is 10.0. The Kier molecular flexibility index (Phi) is 5.20. The molecule has 2 N–H and O–H groups in total. The van der Waals surface area contributed by atoms with Crippen molar-refractivity contribution in [1.82, 2.24) is 14.9 Å². The van der Waals surface area contributed by atoms with Gasteiger partial charge in [-0.25, -0.2) is 4.98 Å². The van der Waals surface area contributed by atoms with Gasteiger partial charge in [0.1, 0.15) is 5.75 Å². The molecule has 0 spiro atoms. The second-order valence-electron chi connectivity index (χ2n) is 4.99. The molecule has 20 heavy (non-hydrogen) atoms. The summed E-state index contributed by atoms with van der Waals surface area (Å²) in [6.07, 6.45) is 6.47. The van der Waals surface area contributed by atoms with Crippen molar-refractivity contribution in [2.75, 3.05) is 0 Å². The minimum absolute atomic E-state index is 0.131. The van der Waals surface area contributed by atoms with Gasteiger partial charge in [-0.15, -0.1) is 0 Å². The number of imidazole rings is 1. The Hall–Kier alpha value is -1.33. The molecule has 0 aliphatic rings. The number of aromatic hydroxyl groups is 1. The van der Waals surface area contributed by atoms with Crippen molar-refractivity contribution in [2.45, 2.75) is 38.9 Å². The number of halogens is 1. The summed E-state index contributed by atoms with van der Waals surface area (Å²) in [6.45, 7) is 5.10. The van der Waals surface area contributed by atoms with Gasteiger partial charge in [-0.3, -0.25) is 0 Å². The Morgan fingerprint density at radius 3 is 2.90 bits per heavy atom. The van der Waals surface area contributed by atoms with Crippen molar-refractivity contribution in [2.24, 2.45) is 0 Å². The van der Waals surface area contributed by atoms with Crippen molar-refractivity contribution >= 4 is 15.9 Å². The van der Waals surface area contributed by atoms with Gasteiger partial charge in [0.25, 0.3) is 0 Å². The second-order valence-corrected chi connectivity index (χ2v) is 5.91. The first kappa shape index (κ1) is 15.1. The number of benzene rings is 1. The molecule has 2 unspecified atom stereocenters. The van der Waals surface area contributed by atoms with Gasteiger partial charge in [-0.05, 0) is 31.5 Å². The molecule has 2 atom stereocenters. The summed E-state index contributed by atoms with van der Waals surface area (Å²) in [6, 6.07) is 5.96. The number of phenols is 1. The van der Waals surface area contributed by atoms with Crippen molar-refractivity contribution in [3.63, 3.8) is 0 Å². The third-order valence-electron chi connectivity index (χ3n) is 3.30. The van der Waals surface area contributed by atoms with Gasteiger partial charge in [0, 0.05) is 41.1 Å². The van der Waals surface area contributed by atoms with E-state index in [4.69, 9.17) is 0 Å². The third kappa shape index (κ3) is 3.84. The normalized spacial score (nSPS) is 14.2. The Labute approximate surface area is 128 Å². The largest absolute Gasteiger partial charge is 0.508 e. The van der Waals surface area contributed by atoms with Crippen LogP contribution in [0.4, 0.5) is 0 Å². The van der Waals surface area contributed by atoms with Crippen LogP contribution in [0.2, 0.25) is 0 Å². The van der Waals surface area contributed by atoms with E-state index < -0.39 is 0 Å². The van der Waals surface area contributed by atoms with E-state index in [1.165, 1.54) is 0 Å². The molecule has 0 saturated carbocycles. The molecule has 1 aromatic carbocycles. The molecular formula is C15H20BrN3O. The number of phenolic OH excluding ortho intramolecular Hbond substituents is 1. The summed E-state index contributed by atoms with van der Waals surface area (Å²) in [7, 11) is 0. The number of rotatable bonds is 6. The molecule has 0 amide bonds. The van der Waals surface area contributed by atoms with Crippen LogP contribution in [0, 0.1) is 0 Å². The molecular weight excluding hydrogens is 318 g/mol. The molecule has 5 heteroatoms. The van der Waals surface area contributed by atoms with E-state index in [0.29, 0.717) is 5.75 Å². The van der Waals surface area contributed by atoms with Gasteiger partial charge in [0.05, 0.1) is 6.33 Å². The SMILES string of the molecule is CCC(NC(C)Cn1ccnc1)c1cc(Br)ccc1O. The molecule has 108 valence electrons. The van der Waals surface area contributed by atoms with Gasteiger partial charge in [-0.2, -0.15) is 0 Å². The zero-order valence-electron chi connectivity index (χ0n) is 11.8. The van der Waals surface area contributed by atoms with Crippen LogP contribution in [0.5, 0.6) is 5.75 Å². The predicted octanol–water partition coefficient (Wildman–Crippen LogP) is 3.48. The quantitative estimate of drug-likeness (QED) is 0.848. The van der Waals surface area contributed by atoms with Crippen LogP contribution in [0.15, 0.2) is 41.4 Å². The fourth-order valence-electron chi connectivity index (χ4n) is 2.34. The maximum atomic E-state index is 10.0. The topological polar surface area (TPSA) is 50.1 Å². The van der Waals surface area contributed by atoms with Crippen LogP contribution < -0.4 is 5.32 Å². The summed E-state index contributed by atoms with van der Waals surface area (Å²) in [5.41, 5.74) is 0.930. The van der Waals surface area contributed by atoms with Crippen LogP contribution in [-0.2, 0) is 6.54 Å². The average molecular weight is 338 g/mol. The smallest absolute Gasteiger partial charge is 0.120 e. The number of aromatic nitrogens is 2. The van der Waals surface area contributed by atoms with E-state index in [1.54, 1.807) is 12.3 Å². The van der Waals surface area contributed by atoms with E-state index in [1.807, 2.05) is 29.2 Å². The Bertz CT molecular complexity index is 542. The van der Waals surface area contributed by atoms with Gasteiger partial charge in [0.2, 0.25) is 0 Å². The van der Waals surface area contributed by atoms with Gasteiger partial charge < -0.3 is 15.0 Å². The van der Waals surface area contributed by atoms with Crippen LogP contribution in [0.1, 0.15) is 31.9 Å². The number of hydrogen-bond donors (Lipinski definition) is 2. The monoisotopic (exact) mass is 337 g/mol. The fraction of sp³-hybridized carbons (Fsp3) is 0.400. The molecule has 1 heterocycles. The number of nitrogens with one attached hydrogen (secondary N) is 1. The molecule has 0 fully saturated rings. The lowest BCUT2D eigenvalue weighted by Crippen LogP contribution is -2.33. The van der Waals surface area contributed by atoms with Crippen LogP contribution in [-0.4, -0.2) is 20.7 Å². The van der Waals surface area contributed by atoms with Gasteiger partial charge in [0.15, 0.2) is 0 Å². The van der Waals surface area contributed by atoms with Crippen molar-refractivity contribution in [3.8, 4) is 5.75 Å². The first-order valence-electron chi connectivity index (χ1n) is 6.80. The summed E-state index contributed by atoms with van der Waals surface area (Å²) in [5.74, 6) is 0.336. The van der Waals surface area contributed by atoms with Crippen LogP contribution in [0.3, 0.4) is 0 Å². The molecule has 0 bridgehead atoms. The maximum Gasteiger partial charge on any atom is 0.120 e. The molecule has 0 radical (unpaired) electrons. The van der Waals surface area contributed by atoms with E-state index in [9.17, 15) is 5.11 Å². The number of hydrogen-bond acceptors (Lipinski definition) is 3. The Morgan fingerprint density at radius 2 is 2.25 bits per heavy atom. The van der Waals surface area contributed by atoms with E-state index >= 15 is 0 Å². The summed E-state index contributed by atoms with van der Waals surface area (Å²) in [5, 5.41) is 13.6. The summed E-state index contributed by atoms with van der Waals surface area (Å²) in [4.78, 5) is 4.05. The molecule has 0 saturated heterocycles. The van der Waals surface area contributed by atoms with E-state index in [-0.39, 0.29) is 12.1 Å². The molecule has 2 aromatic rings. The molecule has 1 aromatic heterocycles. The van der Waals surface area contributed by atoms with E-state index in [2.05, 4.69) is 40.1 Å². The second kappa shape index (κ2) is 6.90. The first-order chi connectivity index (χ1) is 9.60. The van der Waals surface area contributed by atoms with E-state index in [0.717, 1.165) is 23.0 Å². The van der Waals surface area contributed by atoms with Crippen LogP contribution in [0.25, 0.3) is 0 Å². The molecule has 2 rings (SSSR count). The molecule has 4 nitrogen and oxygen atoms in total. The van der Waals surface area contributed by atoms with Gasteiger partial charge >= 0.3 is 0 Å². The minimum atomic E-state index is 0.131. The predicted molar refractivity (Wildman–Crippen MR) is 83.7 cm³/mol. The lowest BCUT2D eigenvalue weighted by molar-refractivity contribution is 0.390. The van der Waals surface area contributed by atoms with Crippen molar-refractivity contribution in [3.05, 3.63) is 47.0 Å². The zero-order chi connectivity index (χ0) is 14.5. The Balaban J connectivity index is 2.06. The summed E-state index contributed by atoms with van der Waals surface area (Å²) >= 11 is 3.46. The highest BCUT2D eigenvalue weighted by Gasteiger charge is 2.16. The highest BCUT2D eigenvalue weighted by molar-refractivity contribution is 9.10. The lowest BCUT2D eigenvalue weighted by atomic mass is 10.0. The van der Waals surface area contributed by atoms with Crippen LogP contribution >= 0.6 is 15.9 Å². The highest BCUT2D eigenvalue weighted by atomic mass is 79.9. The zero-order valence-corrected chi connectivity index (χ0v) is 13.3. The van der Waals surface area contributed by atoms with Gasteiger partial charge in [-0.1, -0.05) is 22.9 Å². The van der Waals surface area contributed by atoms with Crippen molar-refractivity contribution < 1.29 is 5.11 Å². The first-order valence-corrected chi connectivity index (χ1v) is 7.59. The lowest BCUT2D eigenvalue weighted by Gasteiger charge is -2.24. The van der Waals surface area contributed by atoms with Crippen molar-refractivity contribution in [1.29, 1.82) is 0 Å². The average Bonchev–Trinajstić information content (AvgIpc) is 2.92. The third-order valence-corrected chi connectivity index (χ3v) is 3.80. The molecule has 0 aliphatic carbocycles. The number of nitrogens with zero attached hydrogens (tertiary/aromatic N) is 2. The Morgan fingerprint density at radius 1 is 1.45 bits per heavy atom. The standard InChI is InChI=1S/C15H20BrN3O/c1-3-14(13-8-12(16)4-5-15(13)20)18-11(2)9-19-7-6-17-10-19/h4-8,10-11,14,18,20H,3,9H2,1-2H3. The fourth-order valence-corrected chi connectivity index (χ4v) is 2.72. The summed E-state index contributed by atoms with van der Waals surface area (Å²) < 4.78 is 3.03. The minimum Gasteiger partial charge on any atom is -0.508 e.